The van der Waals surface area contributed by atoms with Gasteiger partial charge in [0.05, 0.1) is 12.3 Å². The standard InChI is InChI=1S/C8H7N3O/c12-8-10-5-7(11-8)6-1-3-9-4-2-6/h1-4H,5H2,(H,10,12). The fourth-order valence-electron chi connectivity index (χ4n) is 1.07. The van der Waals surface area contributed by atoms with Gasteiger partial charge in [0, 0.05) is 18.0 Å². The molecule has 2 rings (SSSR count). The summed E-state index contributed by atoms with van der Waals surface area (Å²) in [6.07, 6.45) is 3.36. The number of carbonyl (C=O) groups excluding carboxylic acids is 1. The van der Waals surface area contributed by atoms with Gasteiger partial charge in [0.25, 0.3) is 0 Å². The first kappa shape index (κ1) is 6.97. The molecule has 0 unspecified atom stereocenters. The number of nitrogens with zero attached hydrogens (tertiary/aromatic N) is 2. The number of pyridine rings is 1. The Hall–Kier alpha value is -1.71. The largest absolute Gasteiger partial charge is 0.341 e. The second-order valence-electron chi connectivity index (χ2n) is 2.45. The summed E-state index contributed by atoms with van der Waals surface area (Å²) in [4.78, 5) is 18.4. The van der Waals surface area contributed by atoms with Crippen molar-refractivity contribution in [2.75, 3.05) is 6.54 Å². The molecule has 1 aliphatic heterocycles. The monoisotopic (exact) mass is 161 g/mol. The van der Waals surface area contributed by atoms with Crippen LogP contribution >= 0.6 is 0 Å². The number of nitrogens with one attached hydrogen (secondary N) is 1. The van der Waals surface area contributed by atoms with E-state index in [9.17, 15) is 4.79 Å². The molecule has 0 bridgehead atoms. The number of rotatable bonds is 1. The predicted molar refractivity (Wildman–Crippen MR) is 44.2 cm³/mol. The molecule has 0 aromatic carbocycles. The van der Waals surface area contributed by atoms with E-state index in [1.807, 2.05) is 12.1 Å². The number of hydrogen-bond donors (Lipinski definition) is 1. The molecule has 1 aromatic rings. The first-order valence-electron chi connectivity index (χ1n) is 3.62. The molecule has 2 heterocycles. The van der Waals surface area contributed by atoms with Crippen molar-refractivity contribution in [1.82, 2.24) is 10.3 Å². The quantitative estimate of drug-likeness (QED) is 0.655. The molecule has 12 heavy (non-hydrogen) atoms. The van der Waals surface area contributed by atoms with Crippen molar-refractivity contribution in [2.24, 2.45) is 4.99 Å². The Morgan fingerprint density at radius 2 is 2.08 bits per heavy atom. The number of aromatic nitrogens is 1. The van der Waals surface area contributed by atoms with E-state index < -0.39 is 0 Å². The predicted octanol–water partition coefficient (Wildman–Crippen LogP) is 0.594. The van der Waals surface area contributed by atoms with Crippen LogP contribution in [0, 0.1) is 0 Å². The zero-order valence-electron chi connectivity index (χ0n) is 6.32. The SMILES string of the molecule is O=C1N=C(c2ccncc2)CN1. The minimum atomic E-state index is -0.262. The van der Waals surface area contributed by atoms with E-state index >= 15 is 0 Å². The van der Waals surface area contributed by atoms with E-state index in [-0.39, 0.29) is 6.03 Å². The summed E-state index contributed by atoms with van der Waals surface area (Å²) >= 11 is 0. The van der Waals surface area contributed by atoms with Crippen molar-refractivity contribution in [2.45, 2.75) is 0 Å². The van der Waals surface area contributed by atoms with E-state index in [1.165, 1.54) is 0 Å². The summed E-state index contributed by atoms with van der Waals surface area (Å²) in [5, 5.41) is 2.61. The normalized spacial score (nSPS) is 15.7. The molecule has 1 aromatic heterocycles. The lowest BCUT2D eigenvalue weighted by Crippen LogP contribution is -2.16. The van der Waals surface area contributed by atoms with Gasteiger partial charge in [-0.2, -0.15) is 4.99 Å². The number of urea groups is 1. The van der Waals surface area contributed by atoms with E-state index in [0.717, 1.165) is 11.3 Å². The summed E-state index contributed by atoms with van der Waals surface area (Å²) in [6.45, 7) is 0.517. The first-order valence-corrected chi connectivity index (χ1v) is 3.62. The molecular formula is C8H7N3O. The minimum absolute atomic E-state index is 0.262. The van der Waals surface area contributed by atoms with Crippen LogP contribution in [0.25, 0.3) is 0 Å². The van der Waals surface area contributed by atoms with Crippen LogP contribution in [-0.4, -0.2) is 23.3 Å². The van der Waals surface area contributed by atoms with Crippen molar-refractivity contribution < 1.29 is 4.79 Å². The highest BCUT2D eigenvalue weighted by atomic mass is 16.2. The molecule has 0 saturated carbocycles. The van der Waals surface area contributed by atoms with E-state index in [1.54, 1.807) is 12.4 Å². The van der Waals surface area contributed by atoms with Crippen LogP contribution < -0.4 is 5.32 Å². The second-order valence-corrected chi connectivity index (χ2v) is 2.45. The third kappa shape index (κ3) is 1.18. The van der Waals surface area contributed by atoms with Gasteiger partial charge in [-0.3, -0.25) is 4.98 Å². The molecule has 1 N–H and O–H groups in total. The molecule has 0 saturated heterocycles. The van der Waals surface area contributed by atoms with Crippen molar-refractivity contribution in [1.29, 1.82) is 0 Å². The van der Waals surface area contributed by atoms with Crippen molar-refractivity contribution in [3.63, 3.8) is 0 Å². The average Bonchev–Trinajstić information content (AvgIpc) is 2.54. The lowest BCUT2D eigenvalue weighted by molar-refractivity contribution is 0.252. The van der Waals surface area contributed by atoms with Gasteiger partial charge in [-0.15, -0.1) is 0 Å². The Morgan fingerprint density at radius 3 is 2.67 bits per heavy atom. The highest BCUT2D eigenvalue weighted by Crippen LogP contribution is 2.02. The fraction of sp³-hybridized carbons (Fsp3) is 0.125. The summed E-state index contributed by atoms with van der Waals surface area (Å²) in [6, 6.07) is 3.40. The van der Waals surface area contributed by atoms with Crippen LogP contribution in [0.4, 0.5) is 4.79 Å². The number of aliphatic imine (C=N–C) groups is 1. The topological polar surface area (TPSA) is 54.4 Å². The molecule has 2 amide bonds. The molecule has 0 aliphatic carbocycles. The summed E-state index contributed by atoms with van der Waals surface area (Å²) in [5.41, 5.74) is 1.73. The zero-order chi connectivity index (χ0) is 8.39. The third-order valence-corrected chi connectivity index (χ3v) is 1.66. The van der Waals surface area contributed by atoms with Crippen LogP contribution in [0.15, 0.2) is 29.5 Å². The molecule has 0 spiro atoms. The first-order chi connectivity index (χ1) is 5.86. The van der Waals surface area contributed by atoms with Crippen LogP contribution in [0.5, 0.6) is 0 Å². The second kappa shape index (κ2) is 2.73. The Morgan fingerprint density at radius 1 is 1.33 bits per heavy atom. The lowest BCUT2D eigenvalue weighted by Gasteiger charge is -1.95. The molecule has 1 aliphatic rings. The maximum absolute atomic E-state index is 10.7. The molecule has 60 valence electrons. The summed E-state index contributed by atoms with van der Waals surface area (Å²) in [7, 11) is 0. The van der Waals surface area contributed by atoms with Crippen molar-refractivity contribution in [3.05, 3.63) is 30.1 Å². The van der Waals surface area contributed by atoms with Gasteiger partial charge in [0.2, 0.25) is 0 Å². The number of amides is 2. The third-order valence-electron chi connectivity index (χ3n) is 1.66. The van der Waals surface area contributed by atoms with Gasteiger partial charge in [0.15, 0.2) is 0 Å². The maximum Gasteiger partial charge on any atom is 0.341 e. The van der Waals surface area contributed by atoms with Crippen LogP contribution in [-0.2, 0) is 0 Å². The van der Waals surface area contributed by atoms with Crippen LogP contribution in [0.3, 0.4) is 0 Å². The van der Waals surface area contributed by atoms with E-state index in [2.05, 4.69) is 15.3 Å². The van der Waals surface area contributed by atoms with Crippen molar-refractivity contribution in [3.8, 4) is 0 Å². The molecular weight excluding hydrogens is 154 g/mol. The Kier molecular flexibility index (Phi) is 1.59. The van der Waals surface area contributed by atoms with Gasteiger partial charge in [-0.1, -0.05) is 0 Å². The summed E-state index contributed by atoms with van der Waals surface area (Å²) < 4.78 is 0. The maximum atomic E-state index is 10.7. The fourth-order valence-corrected chi connectivity index (χ4v) is 1.07. The van der Waals surface area contributed by atoms with Crippen LogP contribution in [0.1, 0.15) is 5.56 Å². The molecule has 4 nitrogen and oxygen atoms in total. The molecule has 0 fully saturated rings. The van der Waals surface area contributed by atoms with Crippen LogP contribution in [0.2, 0.25) is 0 Å². The summed E-state index contributed by atoms with van der Waals surface area (Å²) in [5.74, 6) is 0. The number of hydrogen-bond acceptors (Lipinski definition) is 2. The molecule has 0 radical (unpaired) electrons. The highest BCUT2D eigenvalue weighted by Gasteiger charge is 2.13. The Labute approximate surface area is 69.3 Å². The van der Waals surface area contributed by atoms with E-state index in [0.29, 0.717) is 6.54 Å². The van der Waals surface area contributed by atoms with Gasteiger partial charge < -0.3 is 5.32 Å². The smallest absolute Gasteiger partial charge is 0.331 e. The van der Waals surface area contributed by atoms with Gasteiger partial charge in [0.1, 0.15) is 0 Å². The van der Waals surface area contributed by atoms with Gasteiger partial charge in [-0.25, -0.2) is 4.79 Å². The van der Waals surface area contributed by atoms with Crippen molar-refractivity contribution >= 4 is 11.7 Å². The zero-order valence-corrected chi connectivity index (χ0v) is 6.32. The lowest BCUT2D eigenvalue weighted by atomic mass is 10.2. The Balaban J connectivity index is 2.33. The minimum Gasteiger partial charge on any atom is -0.331 e. The van der Waals surface area contributed by atoms with Gasteiger partial charge in [-0.05, 0) is 12.1 Å². The average molecular weight is 161 g/mol. The molecule has 4 heteroatoms. The highest BCUT2D eigenvalue weighted by molar-refractivity contribution is 6.11. The number of carbonyl (C=O) groups is 1. The van der Waals surface area contributed by atoms with Gasteiger partial charge >= 0.3 is 6.03 Å². The Bertz CT molecular complexity index is 331. The molecule has 0 atom stereocenters. The van der Waals surface area contributed by atoms with E-state index in [4.69, 9.17) is 0 Å².